The Morgan fingerprint density at radius 2 is 1.81 bits per heavy atom. The van der Waals surface area contributed by atoms with Crippen molar-refractivity contribution in [3.63, 3.8) is 0 Å². The summed E-state index contributed by atoms with van der Waals surface area (Å²) < 4.78 is 5.27. The molecule has 7 nitrogen and oxygen atoms in total. The fourth-order valence-corrected chi connectivity index (χ4v) is 7.55. The van der Waals surface area contributed by atoms with Gasteiger partial charge in [-0.15, -0.1) is 0 Å². The molecule has 2 aliphatic heterocycles. The lowest BCUT2D eigenvalue weighted by atomic mass is 9.56. The zero-order chi connectivity index (χ0) is 25.6. The maximum atomic E-state index is 14.0. The molecule has 7 heteroatoms. The molecule has 3 atom stereocenters. The van der Waals surface area contributed by atoms with E-state index < -0.39 is 0 Å². The van der Waals surface area contributed by atoms with Crippen molar-refractivity contribution in [1.29, 1.82) is 0 Å². The summed E-state index contributed by atoms with van der Waals surface area (Å²) in [7, 11) is 1.69. The van der Waals surface area contributed by atoms with Crippen molar-refractivity contribution in [1.82, 2.24) is 19.7 Å². The van der Waals surface area contributed by atoms with E-state index in [0.717, 1.165) is 76.4 Å². The molecule has 2 fully saturated rings. The summed E-state index contributed by atoms with van der Waals surface area (Å²) in [6.07, 6.45) is 6.34. The first kappa shape index (κ1) is 24.4. The number of amides is 1. The van der Waals surface area contributed by atoms with Gasteiger partial charge >= 0.3 is 0 Å². The Hall–Kier alpha value is -2.90. The molecule has 37 heavy (non-hydrogen) atoms. The van der Waals surface area contributed by atoms with Crippen LogP contribution in [0, 0.1) is 11.8 Å². The van der Waals surface area contributed by atoms with Gasteiger partial charge in [0.15, 0.2) is 0 Å². The number of likely N-dealkylation sites (tertiary alicyclic amines) is 1. The van der Waals surface area contributed by atoms with E-state index in [2.05, 4.69) is 44.8 Å². The first-order valence-corrected chi connectivity index (χ1v) is 13.7. The number of pyridine rings is 1. The van der Waals surface area contributed by atoms with E-state index in [1.165, 1.54) is 16.7 Å². The topological polar surface area (TPSA) is 68.9 Å². The second-order valence-corrected chi connectivity index (χ2v) is 11.4. The van der Waals surface area contributed by atoms with E-state index in [-0.39, 0.29) is 17.0 Å². The van der Waals surface area contributed by atoms with Crippen LogP contribution in [0.2, 0.25) is 0 Å². The molecule has 1 aromatic heterocycles. The third-order valence-corrected chi connectivity index (χ3v) is 9.15. The molecule has 2 bridgehead atoms. The number of piperazine rings is 1. The SMILES string of the molecule is COc1ccc(CN2CCN(CC(=O)N3CCC[C@@H]4C5C=C(C)C[C@]43c3ccc(=O)[nH]c3C5)CC2)cc1. The van der Waals surface area contributed by atoms with Crippen molar-refractivity contribution < 1.29 is 9.53 Å². The third-order valence-electron chi connectivity index (χ3n) is 9.15. The molecular formula is C30H38N4O3. The number of carbonyl (C=O) groups is 1. The van der Waals surface area contributed by atoms with Gasteiger partial charge in [0.05, 0.1) is 19.2 Å². The second kappa shape index (κ2) is 9.76. The number of H-pyrrole nitrogens is 1. The van der Waals surface area contributed by atoms with Crippen LogP contribution in [0.5, 0.6) is 5.75 Å². The lowest BCUT2D eigenvalue weighted by Crippen LogP contribution is -2.63. The maximum Gasteiger partial charge on any atom is 0.248 e. The first-order valence-electron chi connectivity index (χ1n) is 13.7. The summed E-state index contributed by atoms with van der Waals surface area (Å²) in [6, 6.07) is 12.0. The van der Waals surface area contributed by atoms with Crippen LogP contribution in [0.4, 0.5) is 0 Å². The Morgan fingerprint density at radius 3 is 2.57 bits per heavy atom. The van der Waals surface area contributed by atoms with Crippen LogP contribution in [0.1, 0.15) is 43.0 Å². The molecule has 4 aliphatic rings. The van der Waals surface area contributed by atoms with Crippen LogP contribution >= 0.6 is 0 Å². The summed E-state index contributed by atoms with van der Waals surface area (Å²) in [5.41, 5.74) is 4.49. The number of nitrogens with one attached hydrogen (secondary N) is 1. The molecule has 2 aliphatic carbocycles. The number of nitrogens with zero attached hydrogens (tertiary/aromatic N) is 3. The number of hydrogen-bond acceptors (Lipinski definition) is 5. The number of carbonyl (C=O) groups excluding carboxylic acids is 1. The number of fused-ring (bicyclic) bond motifs is 1. The van der Waals surface area contributed by atoms with Gasteiger partial charge in [0.2, 0.25) is 11.5 Å². The van der Waals surface area contributed by atoms with Gasteiger partial charge in [0.25, 0.3) is 0 Å². The van der Waals surface area contributed by atoms with Crippen molar-refractivity contribution in [3.8, 4) is 5.75 Å². The van der Waals surface area contributed by atoms with E-state index in [1.807, 2.05) is 18.2 Å². The molecule has 196 valence electrons. The fraction of sp³-hybridized carbons (Fsp3) is 0.533. The highest BCUT2D eigenvalue weighted by atomic mass is 16.5. The molecule has 1 aromatic carbocycles. The number of hydrogen-bond donors (Lipinski definition) is 1. The predicted molar refractivity (Wildman–Crippen MR) is 143 cm³/mol. The molecule has 3 heterocycles. The Balaban J connectivity index is 1.16. The molecule has 6 rings (SSSR count). The molecule has 0 spiro atoms. The van der Waals surface area contributed by atoms with Gasteiger partial charge in [-0.2, -0.15) is 0 Å². The zero-order valence-electron chi connectivity index (χ0n) is 22.0. The van der Waals surface area contributed by atoms with Crippen molar-refractivity contribution in [3.05, 3.63) is 75.2 Å². The second-order valence-electron chi connectivity index (χ2n) is 11.4. The lowest BCUT2D eigenvalue weighted by Gasteiger charge is -2.59. The minimum absolute atomic E-state index is 0.0476. The fourth-order valence-electron chi connectivity index (χ4n) is 7.55. The molecule has 1 N–H and O–H groups in total. The predicted octanol–water partition coefficient (Wildman–Crippen LogP) is 3.16. The molecule has 2 aromatic rings. The smallest absolute Gasteiger partial charge is 0.248 e. The third kappa shape index (κ3) is 4.42. The number of benzene rings is 1. The van der Waals surface area contributed by atoms with Crippen LogP contribution in [0.3, 0.4) is 0 Å². The standard InChI is InChI=1S/C30H38N4O3/c1-21-16-23-17-27-26(9-10-28(35)31-27)30(18-21)25(23)4-3-11-34(30)29(36)20-33-14-12-32(13-15-33)19-22-5-7-24(37-2)8-6-22/h5-10,16,23,25H,3-4,11-15,17-20H2,1-2H3,(H,31,35)/t23?,25-,30-/m1/s1. The number of methoxy groups -OCH3 is 1. The summed E-state index contributed by atoms with van der Waals surface area (Å²) >= 11 is 0. The molecule has 0 saturated carbocycles. The highest BCUT2D eigenvalue weighted by Crippen LogP contribution is 2.56. The average Bonchev–Trinajstić information content (AvgIpc) is 2.89. The maximum absolute atomic E-state index is 14.0. The van der Waals surface area contributed by atoms with Crippen LogP contribution in [0.25, 0.3) is 0 Å². The number of aromatic nitrogens is 1. The van der Waals surface area contributed by atoms with E-state index in [9.17, 15) is 9.59 Å². The minimum atomic E-state index is -0.327. The number of ether oxygens (including phenoxy) is 1. The Bertz CT molecular complexity index is 1240. The largest absolute Gasteiger partial charge is 0.497 e. The number of piperidine rings is 1. The van der Waals surface area contributed by atoms with Crippen LogP contribution < -0.4 is 10.3 Å². The number of aromatic amines is 1. The zero-order valence-corrected chi connectivity index (χ0v) is 22.0. The molecule has 2 saturated heterocycles. The van der Waals surface area contributed by atoms with Crippen LogP contribution in [-0.2, 0) is 23.3 Å². The van der Waals surface area contributed by atoms with Crippen LogP contribution in [-0.4, -0.2) is 72.0 Å². The van der Waals surface area contributed by atoms with Gasteiger partial charge in [-0.05, 0) is 73.8 Å². The van der Waals surface area contributed by atoms with Crippen molar-refractivity contribution >= 4 is 5.91 Å². The summed E-state index contributed by atoms with van der Waals surface area (Å²) in [5, 5.41) is 0. The lowest BCUT2D eigenvalue weighted by molar-refractivity contribution is -0.149. The molecule has 1 amide bonds. The van der Waals surface area contributed by atoms with Gasteiger partial charge in [0, 0.05) is 51.0 Å². The monoisotopic (exact) mass is 502 g/mol. The van der Waals surface area contributed by atoms with E-state index >= 15 is 0 Å². The van der Waals surface area contributed by atoms with E-state index in [0.29, 0.717) is 18.4 Å². The van der Waals surface area contributed by atoms with Crippen molar-refractivity contribution in [2.24, 2.45) is 11.8 Å². The van der Waals surface area contributed by atoms with Crippen molar-refractivity contribution in [2.45, 2.75) is 44.7 Å². The summed E-state index contributed by atoms with van der Waals surface area (Å²) in [5.74, 6) is 1.93. The molecular weight excluding hydrogens is 464 g/mol. The normalized spacial score (nSPS) is 27.7. The van der Waals surface area contributed by atoms with Crippen LogP contribution in [0.15, 0.2) is 52.8 Å². The highest BCUT2D eigenvalue weighted by molar-refractivity contribution is 5.80. The number of rotatable bonds is 5. The van der Waals surface area contributed by atoms with Gasteiger partial charge in [-0.3, -0.25) is 19.4 Å². The van der Waals surface area contributed by atoms with E-state index in [4.69, 9.17) is 4.74 Å². The quantitative estimate of drug-likeness (QED) is 0.637. The van der Waals surface area contributed by atoms with Crippen molar-refractivity contribution in [2.75, 3.05) is 46.4 Å². The summed E-state index contributed by atoms with van der Waals surface area (Å²) in [4.78, 5) is 36.3. The molecule has 1 unspecified atom stereocenters. The Labute approximate surface area is 219 Å². The molecule has 0 radical (unpaired) electrons. The van der Waals surface area contributed by atoms with Gasteiger partial charge < -0.3 is 14.6 Å². The Morgan fingerprint density at radius 1 is 1.05 bits per heavy atom. The summed E-state index contributed by atoms with van der Waals surface area (Å²) in [6.45, 7) is 8.12. The number of allylic oxidation sites excluding steroid dienone is 1. The van der Waals surface area contributed by atoms with Gasteiger partial charge in [-0.25, -0.2) is 0 Å². The van der Waals surface area contributed by atoms with Gasteiger partial charge in [0.1, 0.15) is 5.75 Å². The van der Waals surface area contributed by atoms with E-state index in [1.54, 1.807) is 13.2 Å². The highest BCUT2D eigenvalue weighted by Gasteiger charge is 2.56. The first-order chi connectivity index (χ1) is 18.0. The Kier molecular flexibility index (Phi) is 6.45. The van der Waals surface area contributed by atoms with Gasteiger partial charge in [-0.1, -0.05) is 23.8 Å². The minimum Gasteiger partial charge on any atom is -0.497 e. The average molecular weight is 503 g/mol.